The molecule has 13 atom stereocenters. The number of carbonyl (C=O) groups is 1. The fourth-order valence-electron chi connectivity index (χ4n) is 9.87. The van der Waals surface area contributed by atoms with Crippen molar-refractivity contribution >= 4 is 76.5 Å². The van der Waals surface area contributed by atoms with E-state index in [1.54, 1.807) is 23.5 Å². The first-order valence-electron chi connectivity index (χ1n) is 27.6. The zero-order valence-electron chi connectivity index (χ0n) is 45.0. The molecular formula is C54H107NO8S6. The van der Waals surface area contributed by atoms with Crippen molar-refractivity contribution in [2.75, 3.05) is 50.7 Å². The number of amides is 1. The maximum atomic E-state index is 13.5. The number of nitrogens with one attached hydrogen (secondary N) is 1. The largest absolute Gasteiger partial charge is 0.394 e. The second kappa shape index (κ2) is 45.5. The Morgan fingerprint density at radius 3 is 1.28 bits per heavy atom. The fourth-order valence-corrected chi connectivity index (χ4v) is 16.9. The molecule has 0 aromatic carbocycles. The summed E-state index contributed by atoms with van der Waals surface area (Å²) in [7, 11) is 0. The molecule has 1 amide bonds. The molecule has 69 heavy (non-hydrogen) atoms. The summed E-state index contributed by atoms with van der Waals surface area (Å²) >= 11 is 11.5. The summed E-state index contributed by atoms with van der Waals surface area (Å²) < 4.78 is 11.6. The zero-order chi connectivity index (χ0) is 51.1. The van der Waals surface area contributed by atoms with Gasteiger partial charge in [-0.2, -0.15) is 70.6 Å². The Bertz CT molecular complexity index is 1170. The van der Waals surface area contributed by atoms with Gasteiger partial charge in [0, 0.05) is 37.9 Å². The minimum atomic E-state index is -1.58. The van der Waals surface area contributed by atoms with Gasteiger partial charge in [0.25, 0.3) is 0 Å². The lowest BCUT2D eigenvalue weighted by Crippen LogP contribution is -2.60. The van der Waals surface area contributed by atoms with Crippen molar-refractivity contribution in [1.82, 2.24) is 5.32 Å². The van der Waals surface area contributed by atoms with E-state index in [4.69, 9.17) is 9.47 Å². The number of aliphatic hydroxyl groups is 5. The van der Waals surface area contributed by atoms with Crippen LogP contribution in [-0.2, 0) is 14.3 Å². The molecule has 0 aromatic rings. The van der Waals surface area contributed by atoms with Crippen LogP contribution in [0.25, 0.3) is 0 Å². The Labute approximate surface area is 450 Å². The Morgan fingerprint density at radius 1 is 0.507 bits per heavy atom. The van der Waals surface area contributed by atoms with Gasteiger partial charge in [-0.15, -0.1) is 0 Å². The van der Waals surface area contributed by atoms with E-state index < -0.39 is 49.5 Å². The van der Waals surface area contributed by atoms with Gasteiger partial charge in [-0.1, -0.05) is 162 Å². The topological polar surface area (TPSA) is 149 Å². The monoisotopic (exact) mass is 1090 g/mol. The maximum absolute atomic E-state index is 13.5. The lowest BCUT2D eigenvalue weighted by Gasteiger charge is -2.40. The van der Waals surface area contributed by atoms with Crippen molar-refractivity contribution in [2.24, 2.45) is 0 Å². The number of carbonyl (C=O) groups excluding carboxylic acids is 1. The molecule has 1 fully saturated rings. The van der Waals surface area contributed by atoms with Gasteiger partial charge in [0.1, 0.15) is 24.4 Å². The Morgan fingerprint density at radius 2 is 0.884 bits per heavy atom. The van der Waals surface area contributed by atoms with Crippen LogP contribution in [0.1, 0.15) is 206 Å². The highest BCUT2D eigenvalue weighted by molar-refractivity contribution is 8.04. The summed E-state index contributed by atoms with van der Waals surface area (Å²) in [5.41, 5.74) is 0. The van der Waals surface area contributed by atoms with Gasteiger partial charge in [-0.3, -0.25) is 4.79 Å². The van der Waals surface area contributed by atoms with E-state index in [9.17, 15) is 30.3 Å². The van der Waals surface area contributed by atoms with Crippen LogP contribution in [-0.4, -0.2) is 157 Å². The summed E-state index contributed by atoms with van der Waals surface area (Å²) in [4.78, 5) is 13.5. The average Bonchev–Trinajstić information content (AvgIpc) is 3.36. The highest BCUT2D eigenvalue weighted by Crippen LogP contribution is 2.36. The molecule has 0 bridgehead atoms. The molecule has 6 unspecified atom stereocenters. The van der Waals surface area contributed by atoms with Gasteiger partial charge < -0.3 is 40.3 Å². The van der Waals surface area contributed by atoms with Gasteiger partial charge in [0.2, 0.25) is 5.91 Å². The fraction of sp³-hybridized carbons (Fsp3) is 0.981. The highest BCUT2D eigenvalue weighted by Gasteiger charge is 2.45. The molecule has 6 N–H and O–H groups in total. The number of unbranched alkanes of at least 4 members (excludes halogenated alkanes) is 21. The standard InChI is InChI=1S/C54H107NO8S6/c1-9-11-13-15-22-26-31-35-45(66-5)46(67-6)37-38-47(68-7)53(69-8)49(58)41(40-62-54-52(61)51(60)50(59)42(39-56)63-54)55-48(57)36-32-28-24-21-19-17-18-20-23-27-30-34-44(65-4)43(64-3)33-29-25-16-14-12-10-2/h41-47,49-54,56,58-61H,9-40H2,1-8H3,(H,55,57)/t41-,42+,43?,44?,45?,46?,47?,49-,50+,51-,52+,53?,54+/m0/s1. The van der Waals surface area contributed by atoms with Crippen LogP contribution in [0.15, 0.2) is 0 Å². The molecule has 1 aliphatic rings. The van der Waals surface area contributed by atoms with E-state index in [-0.39, 0.29) is 23.0 Å². The van der Waals surface area contributed by atoms with Crippen molar-refractivity contribution in [3.8, 4) is 0 Å². The van der Waals surface area contributed by atoms with E-state index in [0.717, 1.165) is 42.6 Å². The predicted octanol–water partition coefficient (Wildman–Crippen LogP) is 12.8. The molecule has 1 saturated heterocycles. The minimum absolute atomic E-state index is 0.118. The molecule has 0 spiro atoms. The maximum Gasteiger partial charge on any atom is 0.220 e. The molecule has 1 heterocycles. The van der Waals surface area contributed by atoms with E-state index in [1.165, 1.54) is 154 Å². The second-order valence-corrected chi connectivity index (χ2v) is 26.1. The normalized spacial score (nSPS) is 22.2. The number of ether oxygens (including phenoxy) is 2. The molecule has 0 aromatic heterocycles. The number of hydrogen-bond acceptors (Lipinski definition) is 14. The van der Waals surface area contributed by atoms with E-state index >= 15 is 0 Å². The van der Waals surface area contributed by atoms with E-state index in [0.29, 0.717) is 16.9 Å². The molecule has 412 valence electrons. The summed E-state index contributed by atoms with van der Waals surface area (Å²) in [6.07, 6.45) is 42.0. The van der Waals surface area contributed by atoms with Gasteiger partial charge in [0.05, 0.1) is 25.4 Å². The Kier molecular flexibility index (Phi) is 45.0. The van der Waals surface area contributed by atoms with Crippen molar-refractivity contribution in [3.05, 3.63) is 0 Å². The summed E-state index contributed by atoms with van der Waals surface area (Å²) in [6, 6.07) is -0.807. The number of hydrogen-bond donors (Lipinski definition) is 6. The molecule has 0 radical (unpaired) electrons. The van der Waals surface area contributed by atoms with Crippen molar-refractivity contribution in [1.29, 1.82) is 0 Å². The zero-order valence-corrected chi connectivity index (χ0v) is 49.9. The average molecular weight is 1090 g/mol. The first-order chi connectivity index (χ1) is 33.5. The van der Waals surface area contributed by atoms with Crippen LogP contribution in [0, 0.1) is 0 Å². The molecule has 15 heteroatoms. The van der Waals surface area contributed by atoms with Gasteiger partial charge in [-0.25, -0.2) is 0 Å². The Hall–Kier alpha value is 1.29. The number of thioether (sulfide) groups is 6. The smallest absolute Gasteiger partial charge is 0.220 e. The minimum Gasteiger partial charge on any atom is -0.394 e. The lowest BCUT2D eigenvalue weighted by atomic mass is 9.99. The lowest BCUT2D eigenvalue weighted by molar-refractivity contribution is -0.302. The van der Waals surface area contributed by atoms with Crippen LogP contribution in [0.4, 0.5) is 0 Å². The third kappa shape index (κ3) is 30.0. The number of aliphatic hydroxyl groups excluding tert-OH is 5. The first-order valence-corrected chi connectivity index (χ1v) is 35.3. The molecule has 9 nitrogen and oxygen atoms in total. The van der Waals surface area contributed by atoms with Crippen LogP contribution >= 0.6 is 70.6 Å². The molecule has 1 rings (SSSR count). The molecule has 1 aliphatic heterocycles. The van der Waals surface area contributed by atoms with Crippen LogP contribution in [0.2, 0.25) is 0 Å². The van der Waals surface area contributed by atoms with Crippen molar-refractivity contribution < 1.29 is 39.8 Å². The SMILES string of the molecule is CCCCCCCCCC(SC)C(CCC(SC)C(SC)[C@@H](O)[C@H](CO[C@@H]1O[C@H](CO)[C@@H](O)[C@H](O)[C@H]1O)NC(=O)CCCCCCCCCCCCCC(SC)C(CCCCCCCC)SC)SC. The molecule has 0 saturated carbocycles. The van der Waals surface area contributed by atoms with Crippen molar-refractivity contribution in [3.63, 3.8) is 0 Å². The summed E-state index contributed by atoms with van der Waals surface area (Å²) in [6.45, 7) is 3.81. The predicted molar refractivity (Wildman–Crippen MR) is 311 cm³/mol. The first kappa shape index (κ1) is 68.3. The summed E-state index contributed by atoms with van der Waals surface area (Å²) in [5.74, 6) is -0.154. The van der Waals surface area contributed by atoms with E-state index in [2.05, 4.69) is 74.0 Å². The van der Waals surface area contributed by atoms with Gasteiger partial charge in [-0.05, 0) is 76.1 Å². The molecule has 0 aliphatic carbocycles. The van der Waals surface area contributed by atoms with Gasteiger partial charge >= 0.3 is 0 Å². The highest BCUT2D eigenvalue weighted by atomic mass is 32.2. The Balaban J connectivity index is 2.67. The van der Waals surface area contributed by atoms with Crippen LogP contribution in [0.3, 0.4) is 0 Å². The summed E-state index contributed by atoms with van der Waals surface area (Å²) in [5, 5.41) is 59.0. The van der Waals surface area contributed by atoms with Crippen LogP contribution < -0.4 is 5.32 Å². The molecular weight excluding hydrogens is 983 g/mol. The van der Waals surface area contributed by atoms with Gasteiger partial charge in [0.15, 0.2) is 6.29 Å². The third-order valence-corrected chi connectivity index (χ3v) is 21.9. The quantitative estimate of drug-likeness (QED) is 0.0321. The van der Waals surface area contributed by atoms with E-state index in [1.807, 2.05) is 29.8 Å². The third-order valence-electron chi connectivity index (χ3n) is 14.4. The second-order valence-electron chi connectivity index (χ2n) is 19.7. The van der Waals surface area contributed by atoms with Crippen molar-refractivity contribution in [2.45, 2.75) is 281 Å². The van der Waals surface area contributed by atoms with Crippen LogP contribution in [0.5, 0.6) is 0 Å². The number of rotatable bonds is 48.